The van der Waals surface area contributed by atoms with Crippen LogP contribution in [0.5, 0.6) is 11.5 Å². The molecule has 0 aliphatic carbocycles. The predicted octanol–water partition coefficient (Wildman–Crippen LogP) is 8.04. The van der Waals surface area contributed by atoms with Crippen molar-refractivity contribution >= 4 is 5.57 Å². The van der Waals surface area contributed by atoms with Crippen molar-refractivity contribution < 1.29 is 27.0 Å². The fourth-order valence-corrected chi connectivity index (χ4v) is 3.00. The molecule has 0 atom stereocenters. The summed E-state index contributed by atoms with van der Waals surface area (Å²) in [6.45, 7) is 5.79. The molecule has 0 fully saturated rings. The Labute approximate surface area is 185 Å². The summed E-state index contributed by atoms with van der Waals surface area (Å²) in [5.74, 6) is -0.166. The number of hydrogen-bond donors (Lipinski definition) is 0. The van der Waals surface area contributed by atoms with Crippen LogP contribution in [-0.4, -0.2) is 6.18 Å². The summed E-state index contributed by atoms with van der Waals surface area (Å²) in [6.07, 6.45) is -3.89. The van der Waals surface area contributed by atoms with Gasteiger partial charge in [-0.15, -0.1) is 0 Å². The van der Waals surface area contributed by atoms with Gasteiger partial charge in [-0.05, 0) is 46.4 Å². The van der Waals surface area contributed by atoms with Gasteiger partial charge >= 0.3 is 6.18 Å². The van der Waals surface area contributed by atoms with Crippen LogP contribution in [0.4, 0.5) is 17.6 Å². The number of benzene rings is 3. The summed E-state index contributed by atoms with van der Waals surface area (Å²) in [7, 11) is 0. The van der Waals surface area contributed by atoms with Gasteiger partial charge in [0.05, 0.1) is 11.8 Å². The van der Waals surface area contributed by atoms with Gasteiger partial charge in [-0.2, -0.15) is 13.2 Å². The lowest BCUT2D eigenvalue weighted by molar-refractivity contribution is -0.0704. The average molecular weight is 444 g/mol. The first-order valence-corrected chi connectivity index (χ1v) is 10.1. The first kappa shape index (κ1) is 23.4. The Kier molecular flexibility index (Phi) is 6.92. The fraction of sp³-hybridized carbons (Fsp3) is 0.231. The molecule has 0 bridgehead atoms. The Balaban J connectivity index is 1.76. The van der Waals surface area contributed by atoms with Crippen molar-refractivity contribution in [1.29, 1.82) is 0 Å². The molecule has 0 aromatic heterocycles. The van der Waals surface area contributed by atoms with Crippen molar-refractivity contribution in [3.8, 4) is 11.5 Å². The van der Waals surface area contributed by atoms with Crippen LogP contribution in [-0.2, 0) is 16.8 Å². The van der Waals surface area contributed by atoms with Gasteiger partial charge in [0.2, 0.25) is 0 Å². The molecule has 0 saturated heterocycles. The van der Waals surface area contributed by atoms with Crippen LogP contribution in [0.25, 0.3) is 5.57 Å². The van der Waals surface area contributed by atoms with Gasteiger partial charge in [0.25, 0.3) is 0 Å². The Bertz CT molecular complexity index is 1060. The molecule has 0 N–H and O–H groups in total. The summed E-state index contributed by atoms with van der Waals surface area (Å²) in [4.78, 5) is 0. The van der Waals surface area contributed by atoms with Gasteiger partial charge in [0.1, 0.15) is 12.4 Å². The lowest BCUT2D eigenvalue weighted by Gasteiger charge is -2.20. The minimum Gasteiger partial charge on any atom is -0.496 e. The van der Waals surface area contributed by atoms with E-state index in [0.717, 1.165) is 5.56 Å². The summed E-state index contributed by atoms with van der Waals surface area (Å²) in [5.41, 5.74) is 0.358. The largest absolute Gasteiger partial charge is 0.496 e. The summed E-state index contributed by atoms with van der Waals surface area (Å²) in [5, 5.41) is 0. The van der Waals surface area contributed by atoms with E-state index in [0.29, 0.717) is 17.6 Å². The maximum atomic E-state index is 14.1. The molecule has 0 amide bonds. The third-order valence-corrected chi connectivity index (χ3v) is 4.79. The maximum absolute atomic E-state index is 14.1. The number of para-hydroxylation sites is 1. The summed E-state index contributed by atoms with van der Waals surface area (Å²) < 4.78 is 65.7. The highest BCUT2D eigenvalue weighted by atomic mass is 19.4. The van der Waals surface area contributed by atoms with Crippen LogP contribution >= 0.6 is 0 Å². The van der Waals surface area contributed by atoms with Crippen LogP contribution in [0.15, 0.2) is 79.1 Å². The Morgan fingerprint density at radius 3 is 2.12 bits per heavy atom. The second-order valence-corrected chi connectivity index (χ2v) is 8.35. The standard InChI is InChI=1S/C26H24F4O2/c1-25(2,3)20-12-10-19(11-13-20)22(26(28,29)30)17-31-16-18-9-14-23(27)24(15-18)32-21-7-5-4-6-8-21/h4-15,17H,16H2,1-3H3. The number of allylic oxidation sites excluding steroid dienone is 1. The zero-order chi connectivity index (χ0) is 23.4. The molecule has 0 heterocycles. The molecule has 0 aliphatic rings. The molecule has 0 spiro atoms. The summed E-state index contributed by atoms with van der Waals surface area (Å²) in [6, 6.07) is 18.9. The Hall–Kier alpha value is -3.28. The van der Waals surface area contributed by atoms with Crippen molar-refractivity contribution in [3.63, 3.8) is 0 Å². The van der Waals surface area contributed by atoms with E-state index in [1.54, 1.807) is 42.5 Å². The van der Waals surface area contributed by atoms with Crippen LogP contribution in [0, 0.1) is 5.82 Å². The molecule has 6 heteroatoms. The highest BCUT2D eigenvalue weighted by molar-refractivity contribution is 5.69. The molecule has 32 heavy (non-hydrogen) atoms. The number of halogens is 4. The van der Waals surface area contributed by atoms with Crippen LogP contribution in [0.3, 0.4) is 0 Å². The molecular formula is C26H24F4O2. The highest BCUT2D eigenvalue weighted by Crippen LogP contribution is 2.35. The van der Waals surface area contributed by atoms with Gasteiger partial charge in [-0.1, -0.05) is 69.3 Å². The van der Waals surface area contributed by atoms with Gasteiger partial charge in [0.15, 0.2) is 11.6 Å². The lowest BCUT2D eigenvalue weighted by atomic mass is 9.86. The molecule has 0 saturated carbocycles. The number of rotatable bonds is 6. The predicted molar refractivity (Wildman–Crippen MR) is 117 cm³/mol. The number of ether oxygens (including phenoxy) is 2. The highest BCUT2D eigenvalue weighted by Gasteiger charge is 2.35. The monoisotopic (exact) mass is 444 g/mol. The lowest BCUT2D eigenvalue weighted by Crippen LogP contribution is -2.13. The minimum atomic E-state index is -4.59. The van der Waals surface area contributed by atoms with Crippen LogP contribution in [0.2, 0.25) is 0 Å². The molecule has 3 aromatic carbocycles. The molecule has 2 nitrogen and oxygen atoms in total. The SMILES string of the molecule is CC(C)(C)c1ccc(C(=COCc2ccc(F)c(Oc3ccccc3)c2)C(F)(F)F)cc1. The molecule has 0 radical (unpaired) electrons. The second kappa shape index (κ2) is 9.47. The van der Waals surface area contributed by atoms with Crippen molar-refractivity contribution in [2.45, 2.75) is 39.0 Å². The van der Waals surface area contributed by atoms with E-state index in [4.69, 9.17) is 9.47 Å². The van der Waals surface area contributed by atoms with E-state index < -0.39 is 17.6 Å². The quantitative estimate of drug-likeness (QED) is 0.283. The van der Waals surface area contributed by atoms with E-state index in [2.05, 4.69) is 0 Å². The average Bonchev–Trinajstić information content (AvgIpc) is 2.73. The van der Waals surface area contributed by atoms with E-state index in [9.17, 15) is 17.6 Å². The number of hydrogen-bond acceptors (Lipinski definition) is 2. The van der Waals surface area contributed by atoms with Crippen molar-refractivity contribution in [1.82, 2.24) is 0 Å². The van der Waals surface area contributed by atoms with Gasteiger partial charge in [-0.25, -0.2) is 4.39 Å². The van der Waals surface area contributed by atoms with Crippen molar-refractivity contribution in [2.75, 3.05) is 0 Å². The first-order chi connectivity index (χ1) is 15.0. The van der Waals surface area contributed by atoms with Gasteiger partial charge < -0.3 is 9.47 Å². The fourth-order valence-electron chi connectivity index (χ4n) is 3.00. The summed E-state index contributed by atoms with van der Waals surface area (Å²) >= 11 is 0. The zero-order valence-corrected chi connectivity index (χ0v) is 18.0. The van der Waals surface area contributed by atoms with Gasteiger partial charge in [-0.3, -0.25) is 0 Å². The zero-order valence-electron chi connectivity index (χ0n) is 18.0. The smallest absolute Gasteiger partial charge is 0.419 e. The second-order valence-electron chi connectivity index (χ2n) is 8.35. The third kappa shape index (κ3) is 6.13. The third-order valence-electron chi connectivity index (χ3n) is 4.79. The Morgan fingerprint density at radius 2 is 1.53 bits per heavy atom. The minimum absolute atomic E-state index is 0.0118. The molecule has 0 aliphatic heterocycles. The topological polar surface area (TPSA) is 18.5 Å². The normalized spacial score (nSPS) is 12.5. The maximum Gasteiger partial charge on any atom is 0.419 e. The van der Waals surface area contributed by atoms with E-state index in [1.807, 2.05) is 20.8 Å². The molecule has 0 unspecified atom stereocenters. The van der Waals surface area contributed by atoms with Gasteiger partial charge in [0, 0.05) is 0 Å². The number of alkyl halides is 3. The molecular weight excluding hydrogens is 420 g/mol. The van der Waals surface area contributed by atoms with Crippen molar-refractivity contribution in [3.05, 3.63) is 102 Å². The Morgan fingerprint density at radius 1 is 0.875 bits per heavy atom. The van der Waals surface area contributed by atoms with E-state index in [-0.39, 0.29) is 23.3 Å². The molecule has 3 rings (SSSR count). The molecule has 168 valence electrons. The van der Waals surface area contributed by atoms with E-state index >= 15 is 0 Å². The van der Waals surface area contributed by atoms with E-state index in [1.165, 1.54) is 30.3 Å². The molecule has 3 aromatic rings. The van der Waals surface area contributed by atoms with Crippen molar-refractivity contribution in [2.24, 2.45) is 0 Å². The van der Waals surface area contributed by atoms with Crippen LogP contribution in [0.1, 0.15) is 37.5 Å². The first-order valence-electron chi connectivity index (χ1n) is 10.1. The van der Waals surface area contributed by atoms with Crippen LogP contribution < -0.4 is 4.74 Å².